The summed E-state index contributed by atoms with van der Waals surface area (Å²) in [7, 11) is -3.97. The van der Waals surface area contributed by atoms with E-state index >= 15 is 0 Å². The van der Waals surface area contributed by atoms with Crippen LogP contribution in [0.25, 0.3) is 21.9 Å². The average molecular weight is 576 g/mol. The highest BCUT2D eigenvalue weighted by Gasteiger charge is 2.37. The fraction of sp³-hybridized carbons (Fsp3) is 0.407. The Labute approximate surface area is 233 Å². The third-order valence-corrected chi connectivity index (χ3v) is 8.31. The van der Waals surface area contributed by atoms with E-state index in [4.69, 9.17) is 31.1 Å². The van der Waals surface area contributed by atoms with Crippen molar-refractivity contribution in [3.8, 4) is 5.75 Å². The molecule has 12 heteroatoms. The van der Waals surface area contributed by atoms with Gasteiger partial charge in [0.05, 0.1) is 11.0 Å². The summed E-state index contributed by atoms with van der Waals surface area (Å²) >= 11 is 6.00. The number of fused-ring (bicyclic) bond motifs is 3. The molecule has 10 nitrogen and oxygen atoms in total. The van der Waals surface area contributed by atoms with E-state index < -0.39 is 20.1 Å². The molecule has 0 radical (unpaired) electrons. The highest BCUT2D eigenvalue weighted by Crippen LogP contribution is 2.47. The Bertz CT molecular complexity index is 1490. The number of halogens is 1. The molecule has 4 aromatic rings. The zero-order valence-electron chi connectivity index (χ0n) is 22.7. The molecule has 0 aliphatic rings. The van der Waals surface area contributed by atoms with Crippen LogP contribution < -0.4 is 15.3 Å². The number of benzene rings is 2. The number of pyridine rings is 1. The number of para-hydroxylation sites is 1. The van der Waals surface area contributed by atoms with Crippen LogP contribution in [0.2, 0.25) is 5.02 Å². The quantitative estimate of drug-likeness (QED) is 0.178. The Kier molecular flexibility index (Phi) is 8.85. The van der Waals surface area contributed by atoms with Gasteiger partial charge in [-0.25, -0.2) is 19.6 Å². The number of nitrogens with two attached hydrogens (primary N) is 1. The van der Waals surface area contributed by atoms with E-state index in [1.165, 1.54) is 0 Å². The van der Waals surface area contributed by atoms with Gasteiger partial charge in [0.1, 0.15) is 30.3 Å². The number of aliphatic hydroxyl groups is 1. The van der Waals surface area contributed by atoms with Crippen LogP contribution in [0.1, 0.15) is 40.4 Å². The molecule has 0 saturated heterocycles. The number of aromatic nitrogens is 3. The minimum atomic E-state index is -3.97. The van der Waals surface area contributed by atoms with E-state index in [1.54, 1.807) is 35.8 Å². The maximum absolute atomic E-state index is 14.0. The molecule has 4 N–H and O–H groups in total. The van der Waals surface area contributed by atoms with Gasteiger partial charge in [0.25, 0.3) is 0 Å². The lowest BCUT2D eigenvalue weighted by Crippen LogP contribution is -2.38. The number of ether oxygens (including phenoxy) is 1. The number of imidazole rings is 1. The highest BCUT2D eigenvalue weighted by atomic mass is 35.5. The molecular formula is C27H35ClN5O5P. The first-order valence-corrected chi connectivity index (χ1v) is 14.7. The van der Waals surface area contributed by atoms with Gasteiger partial charge in [-0.15, -0.1) is 0 Å². The first kappa shape index (κ1) is 29.3. The van der Waals surface area contributed by atoms with Crippen LogP contribution in [0.5, 0.6) is 5.75 Å². The summed E-state index contributed by atoms with van der Waals surface area (Å²) < 4.78 is 33.0. The smallest absolute Gasteiger partial charge is 0.413 e. The van der Waals surface area contributed by atoms with Crippen molar-refractivity contribution in [2.45, 2.75) is 53.0 Å². The van der Waals surface area contributed by atoms with Crippen molar-refractivity contribution in [3.05, 3.63) is 59.4 Å². The standard InChI is InChI=1S/C27H35ClN5O5P/c1-6-36-15-23-31-24-25(21-9-7-8-10-22(21)30-26(24)29)33(23)27(5,34)16-37-39(35,32-18(4)17(2)3)38-20-13-11-19(28)12-14-20/h7-14,17-18,34H,6,15-16H2,1-5H3,(H2,29,30)(H,32,35)/t18-,27?,39?/m0/s1. The molecule has 2 heterocycles. The van der Waals surface area contributed by atoms with Crippen molar-refractivity contribution in [1.82, 2.24) is 19.6 Å². The molecule has 2 aromatic carbocycles. The summed E-state index contributed by atoms with van der Waals surface area (Å²) in [5.74, 6) is 1.08. The Morgan fingerprint density at radius 2 is 1.85 bits per heavy atom. The Morgan fingerprint density at radius 1 is 1.15 bits per heavy atom. The fourth-order valence-electron chi connectivity index (χ4n) is 4.05. The van der Waals surface area contributed by atoms with Crippen LogP contribution in [0.15, 0.2) is 48.5 Å². The Hall–Kier alpha value is -2.72. The van der Waals surface area contributed by atoms with Crippen molar-refractivity contribution in [2.75, 3.05) is 18.9 Å². The van der Waals surface area contributed by atoms with Gasteiger partial charge in [-0.05, 0) is 57.0 Å². The molecule has 0 spiro atoms. The van der Waals surface area contributed by atoms with Gasteiger partial charge >= 0.3 is 7.75 Å². The molecular weight excluding hydrogens is 541 g/mol. The van der Waals surface area contributed by atoms with Gasteiger partial charge in [-0.2, -0.15) is 0 Å². The van der Waals surface area contributed by atoms with E-state index in [-0.39, 0.29) is 24.4 Å². The van der Waals surface area contributed by atoms with Gasteiger partial charge in [-0.1, -0.05) is 43.6 Å². The second-order valence-corrected chi connectivity index (χ2v) is 12.0. The maximum Gasteiger partial charge on any atom is 0.459 e. The van der Waals surface area contributed by atoms with Crippen LogP contribution >= 0.6 is 19.3 Å². The summed E-state index contributed by atoms with van der Waals surface area (Å²) in [5.41, 5.74) is 6.18. The molecule has 0 fully saturated rings. The first-order valence-electron chi connectivity index (χ1n) is 12.8. The molecule has 4 rings (SSSR count). The van der Waals surface area contributed by atoms with E-state index in [2.05, 4.69) is 15.1 Å². The Morgan fingerprint density at radius 3 is 2.51 bits per heavy atom. The van der Waals surface area contributed by atoms with E-state index in [9.17, 15) is 9.67 Å². The van der Waals surface area contributed by atoms with Crippen molar-refractivity contribution in [3.63, 3.8) is 0 Å². The molecule has 3 atom stereocenters. The van der Waals surface area contributed by atoms with Crippen molar-refractivity contribution in [1.29, 1.82) is 0 Å². The molecule has 2 unspecified atom stereocenters. The number of rotatable bonds is 12. The summed E-state index contributed by atoms with van der Waals surface area (Å²) in [6.07, 6.45) is 0. The lowest BCUT2D eigenvalue weighted by Gasteiger charge is -2.31. The second-order valence-electron chi connectivity index (χ2n) is 9.91. The number of anilines is 1. The number of nitrogens with one attached hydrogen (secondary N) is 1. The lowest BCUT2D eigenvalue weighted by atomic mass is 10.1. The predicted octanol–water partition coefficient (Wildman–Crippen LogP) is 5.86. The summed E-state index contributed by atoms with van der Waals surface area (Å²) in [6.45, 7) is 9.42. The summed E-state index contributed by atoms with van der Waals surface area (Å²) in [6, 6.07) is 13.7. The molecule has 0 saturated carbocycles. The van der Waals surface area contributed by atoms with Crippen LogP contribution in [-0.4, -0.2) is 38.9 Å². The number of hydrogen-bond acceptors (Lipinski definition) is 8. The Balaban J connectivity index is 1.76. The zero-order valence-corrected chi connectivity index (χ0v) is 24.4. The third kappa shape index (κ3) is 6.54. The second kappa shape index (κ2) is 11.8. The van der Waals surface area contributed by atoms with Crippen LogP contribution in [0, 0.1) is 5.92 Å². The average Bonchev–Trinajstić information content (AvgIpc) is 3.29. The predicted molar refractivity (Wildman–Crippen MR) is 154 cm³/mol. The molecule has 0 aliphatic carbocycles. The van der Waals surface area contributed by atoms with E-state index in [1.807, 2.05) is 52.0 Å². The number of hydrogen-bond donors (Lipinski definition) is 3. The van der Waals surface area contributed by atoms with Crippen molar-refractivity contribution in [2.24, 2.45) is 5.92 Å². The minimum Gasteiger partial charge on any atom is -0.413 e. The zero-order chi connectivity index (χ0) is 28.4. The van der Waals surface area contributed by atoms with Crippen molar-refractivity contribution >= 4 is 47.1 Å². The number of nitrogens with zero attached hydrogens (tertiary/aromatic N) is 3. The van der Waals surface area contributed by atoms with E-state index in [0.717, 1.165) is 5.39 Å². The number of nitrogen functional groups attached to an aromatic ring is 1. The molecule has 0 amide bonds. The van der Waals surface area contributed by atoms with Gasteiger partial charge in [0, 0.05) is 23.1 Å². The van der Waals surface area contributed by atoms with Crippen molar-refractivity contribution < 1.29 is 23.5 Å². The minimum absolute atomic E-state index is 0.108. The van der Waals surface area contributed by atoms with Crippen LogP contribution in [-0.2, 0) is 26.2 Å². The first-order chi connectivity index (χ1) is 18.4. The molecule has 39 heavy (non-hydrogen) atoms. The SMILES string of the molecule is CCOCc1nc2c(N)nc3ccccc3c2n1C(C)(O)COP(=O)(N[C@@H](C)C(C)C)Oc1ccc(Cl)cc1. The normalized spacial score (nSPS) is 15.9. The maximum atomic E-state index is 14.0. The fourth-order valence-corrected chi connectivity index (χ4v) is 5.97. The van der Waals surface area contributed by atoms with Crippen LogP contribution in [0.3, 0.4) is 0 Å². The summed E-state index contributed by atoms with van der Waals surface area (Å²) in [4.78, 5) is 9.14. The van der Waals surface area contributed by atoms with Gasteiger partial charge in [0.2, 0.25) is 0 Å². The largest absolute Gasteiger partial charge is 0.459 e. The van der Waals surface area contributed by atoms with Crippen LogP contribution in [0.4, 0.5) is 5.82 Å². The molecule has 210 valence electrons. The molecule has 2 aromatic heterocycles. The van der Waals surface area contributed by atoms with Gasteiger partial charge in [0.15, 0.2) is 11.5 Å². The third-order valence-electron chi connectivity index (χ3n) is 6.42. The van der Waals surface area contributed by atoms with Gasteiger partial charge in [-0.3, -0.25) is 9.09 Å². The lowest BCUT2D eigenvalue weighted by molar-refractivity contribution is -0.0611. The molecule has 0 aliphatic heterocycles. The van der Waals surface area contributed by atoms with Gasteiger partial charge < -0.3 is 20.1 Å². The monoisotopic (exact) mass is 575 g/mol. The van der Waals surface area contributed by atoms with E-state index in [0.29, 0.717) is 39.8 Å². The summed E-state index contributed by atoms with van der Waals surface area (Å²) in [5, 5.41) is 16.1. The topological polar surface area (TPSA) is 134 Å². The molecule has 0 bridgehead atoms. The highest BCUT2D eigenvalue weighted by molar-refractivity contribution is 7.52.